The number of nitrogens with one attached hydrogen (secondary N) is 1. The molecule has 0 saturated heterocycles. The SMILES string of the molecule is CC1(C)C(N)=N[C@](C)(c2cc(Nc3ncnc4cc(C#N)cnc34)ccc2F)C(F)S1(=O)=O. The van der Waals surface area contributed by atoms with Gasteiger partial charge < -0.3 is 11.1 Å². The Bertz CT molecular complexity index is 1470. The van der Waals surface area contributed by atoms with Crippen LogP contribution >= 0.6 is 0 Å². The third kappa shape index (κ3) is 3.36. The molecule has 0 amide bonds. The van der Waals surface area contributed by atoms with Gasteiger partial charge in [-0.05, 0) is 45.0 Å². The third-order valence-corrected chi connectivity index (χ3v) is 8.41. The molecule has 1 aliphatic heterocycles. The number of fused-ring (bicyclic) bond motifs is 1. The summed E-state index contributed by atoms with van der Waals surface area (Å²) < 4.78 is 54.1. The van der Waals surface area contributed by atoms with Gasteiger partial charge in [0.1, 0.15) is 39.9 Å². The van der Waals surface area contributed by atoms with Crippen LogP contribution in [0, 0.1) is 17.1 Å². The number of hydrogen-bond acceptors (Lipinski definition) is 9. The molecule has 2 atom stereocenters. The van der Waals surface area contributed by atoms with Crippen LogP contribution in [0.4, 0.5) is 20.3 Å². The molecule has 9 nitrogen and oxygen atoms in total. The van der Waals surface area contributed by atoms with Crippen molar-refractivity contribution < 1.29 is 17.2 Å². The normalized spacial score (nSPS) is 23.5. The molecule has 0 aliphatic carbocycles. The van der Waals surface area contributed by atoms with E-state index in [1.54, 1.807) is 0 Å². The molecule has 3 N–H and O–H groups in total. The summed E-state index contributed by atoms with van der Waals surface area (Å²) in [6.45, 7) is 3.70. The molecule has 0 spiro atoms. The number of hydrogen-bond donors (Lipinski definition) is 2. The molecule has 2 aromatic heterocycles. The number of nitriles is 1. The van der Waals surface area contributed by atoms with Crippen LogP contribution in [0.2, 0.25) is 0 Å². The first-order chi connectivity index (χ1) is 15.4. The summed E-state index contributed by atoms with van der Waals surface area (Å²) in [6.07, 6.45) is 2.62. The van der Waals surface area contributed by atoms with Gasteiger partial charge in [-0.1, -0.05) is 0 Å². The number of pyridine rings is 1. The Labute approximate surface area is 188 Å². The predicted molar refractivity (Wildman–Crippen MR) is 119 cm³/mol. The Balaban J connectivity index is 1.81. The zero-order valence-corrected chi connectivity index (χ0v) is 18.7. The van der Waals surface area contributed by atoms with Crippen LogP contribution in [0.1, 0.15) is 31.9 Å². The lowest BCUT2D eigenvalue weighted by Gasteiger charge is -2.40. The highest BCUT2D eigenvalue weighted by molar-refractivity contribution is 7.94. The average Bonchev–Trinajstić information content (AvgIpc) is 2.78. The molecule has 3 heterocycles. The van der Waals surface area contributed by atoms with Crippen molar-refractivity contribution in [3.63, 3.8) is 0 Å². The van der Waals surface area contributed by atoms with Gasteiger partial charge in [0.15, 0.2) is 15.7 Å². The largest absolute Gasteiger partial charge is 0.386 e. The van der Waals surface area contributed by atoms with Gasteiger partial charge in [-0.25, -0.2) is 32.2 Å². The second-order valence-corrected chi connectivity index (χ2v) is 10.8. The van der Waals surface area contributed by atoms with Crippen LogP contribution in [0.3, 0.4) is 0 Å². The van der Waals surface area contributed by atoms with E-state index in [-0.39, 0.29) is 22.9 Å². The van der Waals surface area contributed by atoms with Gasteiger partial charge >= 0.3 is 0 Å². The molecular weight excluding hydrogens is 452 g/mol. The average molecular weight is 471 g/mol. The quantitative estimate of drug-likeness (QED) is 0.593. The van der Waals surface area contributed by atoms with Crippen LogP contribution in [-0.4, -0.2) is 39.5 Å². The molecule has 1 aromatic carbocycles. The first kappa shape index (κ1) is 22.5. The van der Waals surface area contributed by atoms with Crippen LogP contribution in [0.15, 0.2) is 41.8 Å². The minimum absolute atomic E-state index is 0.254. The molecule has 0 bridgehead atoms. The maximum absolute atomic E-state index is 15.4. The number of alkyl halides is 1. The van der Waals surface area contributed by atoms with Crippen LogP contribution in [-0.2, 0) is 15.4 Å². The number of sulfone groups is 1. The smallest absolute Gasteiger partial charge is 0.230 e. The Morgan fingerprint density at radius 3 is 2.61 bits per heavy atom. The van der Waals surface area contributed by atoms with E-state index in [1.807, 2.05) is 6.07 Å². The lowest BCUT2D eigenvalue weighted by molar-refractivity contribution is 0.267. The molecule has 170 valence electrons. The van der Waals surface area contributed by atoms with Crippen molar-refractivity contribution in [1.82, 2.24) is 15.0 Å². The molecule has 12 heteroatoms. The van der Waals surface area contributed by atoms with Gasteiger partial charge in [0, 0.05) is 17.4 Å². The topological polar surface area (TPSA) is 147 Å². The van der Waals surface area contributed by atoms with Crippen molar-refractivity contribution in [3.05, 3.63) is 53.7 Å². The Morgan fingerprint density at radius 1 is 1.18 bits per heavy atom. The zero-order chi connectivity index (χ0) is 24.2. The highest BCUT2D eigenvalue weighted by atomic mass is 32.2. The third-order valence-electron chi connectivity index (χ3n) is 5.77. The minimum Gasteiger partial charge on any atom is -0.386 e. The molecule has 1 aliphatic rings. The lowest BCUT2D eigenvalue weighted by atomic mass is 9.91. The van der Waals surface area contributed by atoms with E-state index in [9.17, 15) is 12.8 Å². The number of aliphatic imine (C=N–C) groups is 1. The van der Waals surface area contributed by atoms with Crippen LogP contribution in [0.5, 0.6) is 0 Å². The summed E-state index contributed by atoms with van der Waals surface area (Å²) in [5, 5.41) is 12.0. The predicted octanol–water partition coefficient (Wildman–Crippen LogP) is 2.85. The van der Waals surface area contributed by atoms with Gasteiger partial charge in [-0.3, -0.25) is 4.99 Å². The lowest BCUT2D eigenvalue weighted by Crippen LogP contribution is -2.58. The first-order valence-electron chi connectivity index (χ1n) is 9.73. The minimum atomic E-state index is -4.44. The Hall–Kier alpha value is -3.72. The van der Waals surface area contributed by atoms with E-state index < -0.39 is 31.4 Å². The molecule has 4 rings (SSSR count). The van der Waals surface area contributed by atoms with Crippen molar-refractivity contribution in [2.45, 2.75) is 36.6 Å². The fourth-order valence-electron chi connectivity index (χ4n) is 3.55. The molecular formula is C21H19F2N7O2S. The molecule has 33 heavy (non-hydrogen) atoms. The van der Waals surface area contributed by atoms with Gasteiger partial charge in [-0.15, -0.1) is 0 Å². The first-order valence-corrected chi connectivity index (χ1v) is 11.3. The summed E-state index contributed by atoms with van der Waals surface area (Å²) in [5.41, 5.74) is 2.31. The number of nitrogens with zero attached hydrogens (tertiary/aromatic N) is 5. The van der Waals surface area contributed by atoms with E-state index >= 15 is 4.39 Å². The monoisotopic (exact) mass is 471 g/mol. The summed E-state index contributed by atoms with van der Waals surface area (Å²) in [6, 6.07) is 7.20. The molecule has 1 unspecified atom stereocenters. The molecule has 0 radical (unpaired) electrons. The fourth-order valence-corrected chi connectivity index (χ4v) is 5.19. The van der Waals surface area contributed by atoms with Crippen molar-refractivity contribution in [1.29, 1.82) is 5.26 Å². The van der Waals surface area contributed by atoms with Crippen molar-refractivity contribution in [2.75, 3.05) is 5.32 Å². The number of benzene rings is 1. The molecule has 3 aromatic rings. The van der Waals surface area contributed by atoms with Crippen molar-refractivity contribution in [2.24, 2.45) is 10.7 Å². The van der Waals surface area contributed by atoms with Crippen LogP contribution < -0.4 is 11.1 Å². The summed E-state index contributed by atoms with van der Waals surface area (Å²) >= 11 is 0. The standard InChI is InChI=1S/C21H19F2N7O2S/c1-20(2)19(25)30-21(3,18(23)33(20,31)32)13-7-12(4-5-14(13)22)29-17-16-15(27-10-28-17)6-11(8-24)9-26-16/h4-7,9-10,18H,1-3H3,(H2,25,30)(H,27,28,29)/t18?,21-/m1/s1. The zero-order valence-electron chi connectivity index (χ0n) is 17.8. The van der Waals surface area contributed by atoms with Crippen LogP contribution in [0.25, 0.3) is 11.0 Å². The highest BCUT2D eigenvalue weighted by Gasteiger charge is 2.58. The summed E-state index contributed by atoms with van der Waals surface area (Å²) in [7, 11) is -4.44. The Morgan fingerprint density at radius 2 is 1.91 bits per heavy atom. The molecule has 0 saturated carbocycles. The molecule has 0 fully saturated rings. The van der Waals surface area contributed by atoms with Crippen molar-refractivity contribution in [3.8, 4) is 6.07 Å². The Kier molecular flexibility index (Phi) is 5.05. The summed E-state index contributed by atoms with van der Waals surface area (Å²) in [5.74, 6) is -0.901. The number of halogens is 2. The fraction of sp³-hybridized carbons (Fsp3) is 0.286. The van der Waals surface area contributed by atoms with Gasteiger partial charge in [0.05, 0.1) is 11.1 Å². The number of amidine groups is 1. The highest BCUT2D eigenvalue weighted by Crippen LogP contribution is 2.44. The summed E-state index contributed by atoms with van der Waals surface area (Å²) in [4.78, 5) is 16.5. The second-order valence-electron chi connectivity index (χ2n) is 8.26. The van der Waals surface area contributed by atoms with E-state index in [0.29, 0.717) is 16.6 Å². The number of rotatable bonds is 3. The van der Waals surface area contributed by atoms with Gasteiger partial charge in [-0.2, -0.15) is 5.26 Å². The maximum Gasteiger partial charge on any atom is 0.230 e. The van der Waals surface area contributed by atoms with Crippen molar-refractivity contribution >= 4 is 38.2 Å². The van der Waals surface area contributed by atoms with Gasteiger partial charge in [0.25, 0.3) is 0 Å². The number of aromatic nitrogens is 3. The van der Waals surface area contributed by atoms with E-state index in [0.717, 1.165) is 6.07 Å². The van der Waals surface area contributed by atoms with E-state index in [4.69, 9.17) is 11.0 Å². The number of anilines is 2. The second kappa shape index (κ2) is 7.41. The van der Waals surface area contributed by atoms with Gasteiger partial charge in [0.2, 0.25) is 5.50 Å². The maximum atomic E-state index is 15.4. The van der Waals surface area contributed by atoms with E-state index in [1.165, 1.54) is 51.5 Å². The van der Waals surface area contributed by atoms with E-state index in [2.05, 4.69) is 25.3 Å². The number of nitrogens with two attached hydrogens (primary N) is 1.